The van der Waals surface area contributed by atoms with Gasteiger partial charge in [0.25, 0.3) is 0 Å². The fourth-order valence-corrected chi connectivity index (χ4v) is 0.744. The van der Waals surface area contributed by atoms with Gasteiger partial charge in [0.2, 0.25) is 0 Å². The van der Waals surface area contributed by atoms with Crippen molar-refractivity contribution in [3.63, 3.8) is 0 Å². The van der Waals surface area contributed by atoms with Crippen molar-refractivity contribution in [1.29, 1.82) is 0 Å². The van der Waals surface area contributed by atoms with Crippen molar-refractivity contribution in [2.24, 2.45) is 11.8 Å². The number of rotatable bonds is 4. The highest BCUT2D eigenvalue weighted by molar-refractivity contribution is 5.71. The zero-order valence-corrected chi connectivity index (χ0v) is 6.59. The summed E-state index contributed by atoms with van der Waals surface area (Å²) in [5.41, 5.74) is 0. The van der Waals surface area contributed by atoms with Crippen LogP contribution in [0.15, 0.2) is 0 Å². The number of nitrogens with two attached hydrogens (primary N) is 1. The van der Waals surface area contributed by atoms with Gasteiger partial charge in [0.15, 0.2) is 0 Å². The molecule has 1 atom stereocenters. The van der Waals surface area contributed by atoms with E-state index >= 15 is 0 Å². The molecule has 0 rings (SSSR count). The van der Waals surface area contributed by atoms with Gasteiger partial charge in [-0.05, 0) is 6.42 Å². The van der Waals surface area contributed by atoms with Crippen LogP contribution in [-0.4, -0.2) is 5.97 Å². The summed E-state index contributed by atoms with van der Waals surface area (Å²) < 4.78 is 0. The van der Waals surface area contributed by atoms with Gasteiger partial charge in [-0.2, -0.15) is 5.90 Å². The summed E-state index contributed by atoms with van der Waals surface area (Å²) in [5.74, 6) is 4.33. The van der Waals surface area contributed by atoms with Gasteiger partial charge in [-0.1, -0.05) is 26.7 Å². The fourth-order valence-electron chi connectivity index (χ4n) is 0.744. The lowest BCUT2D eigenvalue weighted by Gasteiger charge is -2.05. The first-order valence-electron chi connectivity index (χ1n) is 3.63. The molecule has 3 nitrogen and oxygen atoms in total. The molecule has 3 heteroatoms. The number of carbonyl (C=O) groups excluding carboxylic acids is 1. The molecule has 0 aliphatic heterocycles. The summed E-state index contributed by atoms with van der Waals surface area (Å²) in [6.45, 7) is 3.91. The molecule has 0 aliphatic carbocycles. The van der Waals surface area contributed by atoms with Crippen LogP contribution in [0.5, 0.6) is 0 Å². The van der Waals surface area contributed by atoms with E-state index in [9.17, 15) is 4.79 Å². The van der Waals surface area contributed by atoms with E-state index in [1.807, 2.05) is 6.92 Å². The van der Waals surface area contributed by atoms with E-state index in [1.165, 1.54) is 0 Å². The van der Waals surface area contributed by atoms with Crippen LogP contribution in [-0.2, 0) is 9.63 Å². The predicted molar refractivity (Wildman–Crippen MR) is 39.0 cm³/mol. The third kappa shape index (κ3) is 3.45. The number of carbonyl (C=O) groups is 1. The maximum Gasteiger partial charge on any atom is 0.327 e. The van der Waals surface area contributed by atoms with Crippen molar-refractivity contribution in [3.05, 3.63) is 0 Å². The average Bonchev–Trinajstić information content (AvgIpc) is 1.98. The van der Waals surface area contributed by atoms with Gasteiger partial charge < -0.3 is 4.84 Å². The molecule has 10 heavy (non-hydrogen) atoms. The second-order valence-corrected chi connectivity index (χ2v) is 2.48. The summed E-state index contributed by atoms with van der Waals surface area (Å²) in [6, 6.07) is 0. The Balaban J connectivity index is 3.41. The molecule has 0 heterocycles. The van der Waals surface area contributed by atoms with Gasteiger partial charge in [-0.15, -0.1) is 0 Å². The zero-order chi connectivity index (χ0) is 7.98. The summed E-state index contributed by atoms with van der Waals surface area (Å²) in [6.07, 6.45) is 3.02. The van der Waals surface area contributed by atoms with Crippen LogP contribution < -0.4 is 5.90 Å². The third-order valence-electron chi connectivity index (χ3n) is 1.51. The molecular formula is C7H15NO2. The van der Waals surface area contributed by atoms with Crippen LogP contribution in [0.1, 0.15) is 33.1 Å². The Kier molecular flexibility index (Phi) is 4.94. The normalized spacial score (nSPS) is 12.7. The first kappa shape index (κ1) is 9.43. The number of hydrogen-bond donors (Lipinski definition) is 1. The second-order valence-electron chi connectivity index (χ2n) is 2.48. The molecular weight excluding hydrogens is 130 g/mol. The smallest absolute Gasteiger partial charge is 0.327 e. The summed E-state index contributed by atoms with van der Waals surface area (Å²) in [7, 11) is 0. The Morgan fingerprint density at radius 3 is 2.70 bits per heavy atom. The van der Waals surface area contributed by atoms with Crippen molar-refractivity contribution in [2.75, 3.05) is 0 Å². The van der Waals surface area contributed by atoms with E-state index in [2.05, 4.69) is 11.8 Å². The highest BCUT2D eigenvalue weighted by atomic mass is 16.7. The maximum atomic E-state index is 10.7. The molecule has 0 aromatic heterocycles. The molecule has 0 saturated carbocycles. The molecule has 0 saturated heterocycles. The molecule has 0 amide bonds. The van der Waals surface area contributed by atoms with Gasteiger partial charge in [0.1, 0.15) is 0 Å². The van der Waals surface area contributed by atoms with Gasteiger partial charge in [-0.3, -0.25) is 4.79 Å². The van der Waals surface area contributed by atoms with Crippen molar-refractivity contribution in [3.8, 4) is 0 Å². The SMILES string of the molecule is CCCCC(C)C(=O)ON. The Hall–Kier alpha value is -0.570. The Morgan fingerprint density at radius 1 is 1.70 bits per heavy atom. The molecule has 0 radical (unpaired) electrons. The third-order valence-corrected chi connectivity index (χ3v) is 1.51. The van der Waals surface area contributed by atoms with Crippen molar-refractivity contribution < 1.29 is 9.63 Å². The first-order valence-corrected chi connectivity index (χ1v) is 3.63. The predicted octanol–water partition coefficient (Wildman–Crippen LogP) is 1.23. The monoisotopic (exact) mass is 145 g/mol. The topological polar surface area (TPSA) is 52.3 Å². The van der Waals surface area contributed by atoms with E-state index in [1.54, 1.807) is 0 Å². The van der Waals surface area contributed by atoms with Gasteiger partial charge in [-0.25, -0.2) is 0 Å². The van der Waals surface area contributed by atoms with Crippen LogP contribution in [0.4, 0.5) is 0 Å². The molecule has 0 fully saturated rings. The highest BCUT2D eigenvalue weighted by Gasteiger charge is 2.11. The van der Waals surface area contributed by atoms with E-state index in [4.69, 9.17) is 5.90 Å². The van der Waals surface area contributed by atoms with E-state index in [-0.39, 0.29) is 11.9 Å². The molecule has 1 unspecified atom stereocenters. The molecule has 0 aliphatic rings. The summed E-state index contributed by atoms with van der Waals surface area (Å²) in [5, 5.41) is 0. The standard InChI is InChI=1S/C7H15NO2/c1-3-4-5-6(2)7(9)10-8/h6H,3-5,8H2,1-2H3. The van der Waals surface area contributed by atoms with E-state index < -0.39 is 0 Å². The lowest BCUT2D eigenvalue weighted by atomic mass is 10.1. The molecule has 2 N–H and O–H groups in total. The minimum absolute atomic E-state index is 0.0510. The summed E-state index contributed by atoms with van der Waals surface area (Å²) >= 11 is 0. The van der Waals surface area contributed by atoms with Crippen LogP contribution in [0.25, 0.3) is 0 Å². The highest BCUT2D eigenvalue weighted by Crippen LogP contribution is 2.07. The molecule has 0 bridgehead atoms. The number of unbranched alkanes of at least 4 members (excludes halogenated alkanes) is 1. The van der Waals surface area contributed by atoms with Crippen LogP contribution in [0.3, 0.4) is 0 Å². The van der Waals surface area contributed by atoms with Crippen LogP contribution >= 0.6 is 0 Å². The van der Waals surface area contributed by atoms with Crippen molar-refractivity contribution in [2.45, 2.75) is 33.1 Å². The van der Waals surface area contributed by atoms with Crippen LogP contribution in [0.2, 0.25) is 0 Å². The first-order chi connectivity index (χ1) is 4.72. The maximum absolute atomic E-state index is 10.7. The lowest BCUT2D eigenvalue weighted by Crippen LogP contribution is -2.18. The minimum atomic E-state index is -0.312. The molecule has 0 aromatic carbocycles. The quantitative estimate of drug-likeness (QED) is 0.605. The van der Waals surface area contributed by atoms with Gasteiger partial charge in [0.05, 0.1) is 5.92 Å². The molecule has 60 valence electrons. The van der Waals surface area contributed by atoms with Crippen molar-refractivity contribution >= 4 is 5.97 Å². The van der Waals surface area contributed by atoms with E-state index in [0.29, 0.717) is 0 Å². The van der Waals surface area contributed by atoms with Gasteiger partial charge >= 0.3 is 5.97 Å². The van der Waals surface area contributed by atoms with Gasteiger partial charge in [0, 0.05) is 0 Å². The molecule has 0 aromatic rings. The van der Waals surface area contributed by atoms with Crippen LogP contribution in [0, 0.1) is 5.92 Å². The summed E-state index contributed by atoms with van der Waals surface area (Å²) in [4.78, 5) is 14.7. The fraction of sp³-hybridized carbons (Fsp3) is 0.857. The average molecular weight is 145 g/mol. The Morgan fingerprint density at radius 2 is 2.30 bits per heavy atom. The lowest BCUT2D eigenvalue weighted by molar-refractivity contribution is -0.148. The minimum Gasteiger partial charge on any atom is -0.373 e. The Labute approximate surface area is 61.5 Å². The van der Waals surface area contributed by atoms with E-state index in [0.717, 1.165) is 19.3 Å². The van der Waals surface area contributed by atoms with Crippen molar-refractivity contribution in [1.82, 2.24) is 0 Å². The Bertz CT molecular complexity index is 104. The second kappa shape index (κ2) is 5.23. The number of hydrogen-bond acceptors (Lipinski definition) is 3. The molecule has 0 spiro atoms. The largest absolute Gasteiger partial charge is 0.373 e. The zero-order valence-electron chi connectivity index (χ0n) is 6.59.